The van der Waals surface area contributed by atoms with Crippen LogP contribution in [0.25, 0.3) is 11.3 Å². The number of halogens is 1. The van der Waals surface area contributed by atoms with E-state index in [1.807, 2.05) is 36.6 Å². The number of aryl methyl sites for hydroxylation is 1. The van der Waals surface area contributed by atoms with Crippen molar-refractivity contribution in [3.8, 4) is 22.8 Å². The zero-order valence-corrected chi connectivity index (χ0v) is 16.9. The lowest BCUT2D eigenvalue weighted by Crippen LogP contribution is -2.12. The Bertz CT molecular complexity index is 913. The molecule has 0 saturated heterocycles. The number of hydrogen-bond acceptors (Lipinski definition) is 5. The molecule has 3 rings (SSSR count). The van der Waals surface area contributed by atoms with Gasteiger partial charge in [-0.25, -0.2) is 4.98 Å². The minimum atomic E-state index is -0.279. The van der Waals surface area contributed by atoms with Crippen LogP contribution in [-0.4, -0.2) is 25.1 Å². The first kappa shape index (κ1) is 18.4. The van der Waals surface area contributed by atoms with Crippen molar-refractivity contribution in [2.24, 2.45) is 0 Å². The predicted octanol–water partition coefficient (Wildman–Crippen LogP) is 5.15. The summed E-state index contributed by atoms with van der Waals surface area (Å²) in [6, 6.07) is 11.4. The Morgan fingerprint density at radius 3 is 2.31 bits per heavy atom. The van der Waals surface area contributed by atoms with E-state index in [4.69, 9.17) is 9.47 Å². The Hall–Kier alpha value is -2.38. The fraction of sp³-hybridized carbons (Fsp3) is 0.158. The number of benzene rings is 2. The van der Waals surface area contributed by atoms with E-state index in [1.165, 1.54) is 31.1 Å². The van der Waals surface area contributed by atoms with Crippen molar-refractivity contribution < 1.29 is 14.3 Å². The third-order valence-corrected chi connectivity index (χ3v) is 5.32. The first-order valence-electron chi connectivity index (χ1n) is 7.77. The molecule has 3 aromatic rings. The van der Waals surface area contributed by atoms with Crippen molar-refractivity contribution in [1.82, 2.24) is 4.98 Å². The summed E-state index contributed by atoms with van der Waals surface area (Å²) >= 11 is 4.77. The van der Waals surface area contributed by atoms with E-state index in [9.17, 15) is 4.79 Å². The molecule has 0 atom stereocenters. The Balaban J connectivity index is 1.81. The highest BCUT2D eigenvalue weighted by atomic mass is 79.9. The fourth-order valence-corrected chi connectivity index (χ4v) is 3.63. The van der Waals surface area contributed by atoms with E-state index in [0.717, 1.165) is 11.3 Å². The Morgan fingerprint density at radius 2 is 1.73 bits per heavy atom. The number of hydrogen-bond donors (Lipinski definition) is 1. The van der Waals surface area contributed by atoms with Gasteiger partial charge in [-0.15, -0.1) is 11.3 Å². The van der Waals surface area contributed by atoms with Gasteiger partial charge in [0.25, 0.3) is 5.91 Å². The summed E-state index contributed by atoms with van der Waals surface area (Å²) in [6.45, 7) is 2.04. The van der Waals surface area contributed by atoms with Crippen LogP contribution >= 0.6 is 27.3 Å². The minimum Gasteiger partial charge on any atom is -0.495 e. The molecule has 1 N–H and O–H groups in total. The molecule has 1 aromatic heterocycles. The largest absolute Gasteiger partial charge is 0.495 e. The van der Waals surface area contributed by atoms with Crippen LogP contribution in [0.4, 0.5) is 5.13 Å². The maximum atomic E-state index is 12.6. The summed E-state index contributed by atoms with van der Waals surface area (Å²) < 4.78 is 11.2. The highest BCUT2D eigenvalue weighted by molar-refractivity contribution is 9.10. The van der Waals surface area contributed by atoms with E-state index in [2.05, 4.69) is 26.2 Å². The normalized spacial score (nSPS) is 10.5. The van der Waals surface area contributed by atoms with E-state index in [1.54, 1.807) is 12.1 Å². The third kappa shape index (κ3) is 3.89. The lowest BCUT2D eigenvalue weighted by molar-refractivity contribution is 0.102. The smallest absolute Gasteiger partial charge is 0.257 e. The van der Waals surface area contributed by atoms with Crippen molar-refractivity contribution in [2.45, 2.75) is 6.92 Å². The molecule has 0 radical (unpaired) electrons. The number of carbonyl (C=O) groups is 1. The first-order chi connectivity index (χ1) is 12.5. The van der Waals surface area contributed by atoms with Gasteiger partial charge in [0.1, 0.15) is 16.0 Å². The molecule has 0 unspecified atom stereocenters. The van der Waals surface area contributed by atoms with Crippen molar-refractivity contribution in [2.75, 3.05) is 19.5 Å². The number of thiazole rings is 1. The molecule has 0 aliphatic heterocycles. The predicted molar refractivity (Wildman–Crippen MR) is 107 cm³/mol. The number of carbonyl (C=O) groups excluding carboxylic acids is 1. The number of anilines is 1. The first-order valence-corrected chi connectivity index (χ1v) is 9.44. The van der Waals surface area contributed by atoms with Crippen LogP contribution in [0.2, 0.25) is 0 Å². The molecule has 0 fully saturated rings. The van der Waals surface area contributed by atoms with Gasteiger partial charge < -0.3 is 9.47 Å². The van der Waals surface area contributed by atoms with Crippen LogP contribution in [0.15, 0.2) is 46.3 Å². The zero-order chi connectivity index (χ0) is 18.7. The summed E-state index contributed by atoms with van der Waals surface area (Å²) in [4.78, 5) is 17.1. The van der Waals surface area contributed by atoms with Crippen molar-refractivity contribution in [3.63, 3.8) is 0 Å². The molecule has 0 aliphatic carbocycles. The molecule has 134 valence electrons. The van der Waals surface area contributed by atoms with Gasteiger partial charge in [0, 0.05) is 16.5 Å². The van der Waals surface area contributed by atoms with Crippen LogP contribution in [0.3, 0.4) is 0 Å². The van der Waals surface area contributed by atoms with Gasteiger partial charge in [0.15, 0.2) is 5.13 Å². The SMILES string of the molecule is COc1cc(C(=O)Nc2nc(-c3ccc(C)cc3)cs2)cc(OC)c1Br. The maximum absolute atomic E-state index is 12.6. The number of rotatable bonds is 5. The molecule has 1 heterocycles. The summed E-state index contributed by atoms with van der Waals surface area (Å²) in [6.07, 6.45) is 0. The number of nitrogens with zero attached hydrogens (tertiary/aromatic N) is 1. The highest BCUT2D eigenvalue weighted by Gasteiger charge is 2.16. The van der Waals surface area contributed by atoms with Crippen LogP contribution in [0, 0.1) is 6.92 Å². The van der Waals surface area contributed by atoms with E-state index < -0.39 is 0 Å². The molecule has 1 amide bonds. The van der Waals surface area contributed by atoms with E-state index >= 15 is 0 Å². The zero-order valence-electron chi connectivity index (χ0n) is 14.5. The van der Waals surface area contributed by atoms with Crippen LogP contribution < -0.4 is 14.8 Å². The van der Waals surface area contributed by atoms with Gasteiger partial charge >= 0.3 is 0 Å². The topological polar surface area (TPSA) is 60.5 Å². The molecular weight excluding hydrogens is 416 g/mol. The average Bonchev–Trinajstić information content (AvgIpc) is 3.10. The van der Waals surface area contributed by atoms with Gasteiger partial charge in [0.05, 0.1) is 19.9 Å². The molecule has 0 aliphatic rings. The molecule has 0 spiro atoms. The van der Waals surface area contributed by atoms with Gasteiger partial charge in [-0.3, -0.25) is 10.1 Å². The van der Waals surface area contributed by atoms with Crippen LogP contribution in [-0.2, 0) is 0 Å². The minimum absolute atomic E-state index is 0.279. The molecule has 2 aromatic carbocycles. The monoisotopic (exact) mass is 432 g/mol. The van der Waals surface area contributed by atoms with Crippen molar-refractivity contribution in [3.05, 3.63) is 57.4 Å². The number of amides is 1. The summed E-state index contributed by atoms with van der Waals surface area (Å²) in [5.41, 5.74) is 3.46. The number of ether oxygens (including phenoxy) is 2. The van der Waals surface area contributed by atoms with Crippen molar-refractivity contribution in [1.29, 1.82) is 0 Å². The maximum Gasteiger partial charge on any atom is 0.257 e. The Labute approximate surface area is 164 Å². The number of aromatic nitrogens is 1. The summed E-state index contributed by atoms with van der Waals surface area (Å²) in [5.74, 6) is 0.766. The lowest BCUT2D eigenvalue weighted by atomic mass is 10.1. The molecule has 0 saturated carbocycles. The lowest BCUT2D eigenvalue weighted by Gasteiger charge is -2.11. The third-order valence-electron chi connectivity index (χ3n) is 3.78. The van der Waals surface area contributed by atoms with Crippen LogP contribution in [0.1, 0.15) is 15.9 Å². The highest BCUT2D eigenvalue weighted by Crippen LogP contribution is 2.36. The van der Waals surface area contributed by atoms with Crippen LogP contribution in [0.5, 0.6) is 11.5 Å². The summed E-state index contributed by atoms with van der Waals surface area (Å²) in [7, 11) is 3.08. The van der Waals surface area contributed by atoms with E-state index in [-0.39, 0.29) is 5.91 Å². The van der Waals surface area contributed by atoms with Gasteiger partial charge in [-0.1, -0.05) is 29.8 Å². The quantitative estimate of drug-likeness (QED) is 0.605. The summed E-state index contributed by atoms with van der Waals surface area (Å²) in [5, 5.41) is 5.28. The molecule has 7 heteroatoms. The standard InChI is InChI=1S/C19H17BrN2O3S/c1-11-4-6-12(7-5-11)14-10-26-19(21-14)22-18(23)13-8-15(24-2)17(20)16(9-13)25-3/h4-10H,1-3H3,(H,21,22,23). The second-order valence-electron chi connectivity index (χ2n) is 5.55. The molecule has 5 nitrogen and oxygen atoms in total. The number of nitrogens with one attached hydrogen (secondary N) is 1. The van der Waals surface area contributed by atoms with Crippen molar-refractivity contribution >= 4 is 38.3 Å². The number of methoxy groups -OCH3 is 2. The molecule has 26 heavy (non-hydrogen) atoms. The fourth-order valence-electron chi connectivity index (χ4n) is 2.36. The molecule has 0 bridgehead atoms. The average molecular weight is 433 g/mol. The van der Waals surface area contributed by atoms with Gasteiger partial charge in [0.2, 0.25) is 0 Å². The molecular formula is C19H17BrN2O3S. The Morgan fingerprint density at radius 1 is 1.12 bits per heavy atom. The second kappa shape index (κ2) is 7.88. The van der Waals surface area contributed by atoms with Gasteiger partial charge in [-0.2, -0.15) is 0 Å². The van der Waals surface area contributed by atoms with E-state index in [0.29, 0.717) is 26.7 Å². The Kier molecular flexibility index (Phi) is 5.58. The second-order valence-corrected chi connectivity index (χ2v) is 7.20. The van der Waals surface area contributed by atoms with Gasteiger partial charge in [-0.05, 0) is 35.0 Å².